The molecular formula is C23H20F3N3O3. The van der Waals surface area contributed by atoms with Crippen LogP contribution in [-0.4, -0.2) is 44.5 Å². The van der Waals surface area contributed by atoms with Gasteiger partial charge in [0.25, 0.3) is 5.91 Å². The maximum Gasteiger partial charge on any atom is 0.408 e. The maximum atomic E-state index is 13.6. The molecule has 9 heteroatoms. The summed E-state index contributed by atoms with van der Waals surface area (Å²) in [5.41, 5.74) is 0.120. The summed E-state index contributed by atoms with van der Waals surface area (Å²) in [6.45, 7) is 0.576. The second-order valence-electron chi connectivity index (χ2n) is 7.69. The summed E-state index contributed by atoms with van der Waals surface area (Å²) in [5.74, 6) is -2.50. The van der Waals surface area contributed by atoms with Crippen molar-refractivity contribution in [2.24, 2.45) is 0 Å². The number of benzene rings is 2. The van der Waals surface area contributed by atoms with Crippen LogP contribution in [0.4, 0.5) is 13.2 Å². The monoisotopic (exact) mass is 443 g/mol. The Bertz CT molecular complexity index is 1140. The second-order valence-corrected chi connectivity index (χ2v) is 7.69. The fraction of sp³-hybridized carbons (Fsp3) is 0.261. The molecule has 2 heterocycles. The van der Waals surface area contributed by atoms with Crippen LogP contribution in [0.5, 0.6) is 5.75 Å². The zero-order chi connectivity index (χ0) is 23.0. The molecule has 1 aliphatic rings. The van der Waals surface area contributed by atoms with Gasteiger partial charge in [0.2, 0.25) is 5.43 Å². The number of halogens is 3. The van der Waals surface area contributed by atoms with Crippen molar-refractivity contribution in [1.29, 1.82) is 0 Å². The van der Waals surface area contributed by atoms with Gasteiger partial charge in [-0.05, 0) is 18.1 Å². The maximum absolute atomic E-state index is 13.6. The number of hydrogen-bond donors (Lipinski definition) is 1. The lowest BCUT2D eigenvalue weighted by Crippen LogP contribution is -2.54. The van der Waals surface area contributed by atoms with Crippen LogP contribution in [0.3, 0.4) is 0 Å². The molecule has 6 nitrogen and oxygen atoms in total. The Labute approximate surface area is 181 Å². The molecule has 1 amide bonds. The number of aromatic hydroxyl groups is 1. The largest absolute Gasteiger partial charge is 0.502 e. The quantitative estimate of drug-likeness (QED) is 0.667. The smallest absolute Gasteiger partial charge is 0.408 e. The highest BCUT2D eigenvalue weighted by Gasteiger charge is 2.48. The van der Waals surface area contributed by atoms with E-state index in [1.807, 2.05) is 60.7 Å². The Balaban J connectivity index is 1.95. The van der Waals surface area contributed by atoms with E-state index in [-0.39, 0.29) is 6.54 Å². The van der Waals surface area contributed by atoms with E-state index in [2.05, 4.69) is 5.10 Å². The van der Waals surface area contributed by atoms with E-state index >= 15 is 0 Å². The Hall–Kier alpha value is -3.62. The highest BCUT2D eigenvalue weighted by Crippen LogP contribution is 2.41. The molecule has 2 aromatic carbocycles. The van der Waals surface area contributed by atoms with Crippen LogP contribution >= 0.6 is 0 Å². The van der Waals surface area contributed by atoms with E-state index in [4.69, 9.17) is 0 Å². The number of carbonyl (C=O) groups excluding carboxylic acids is 1. The van der Waals surface area contributed by atoms with Crippen molar-refractivity contribution in [1.82, 2.24) is 14.7 Å². The van der Waals surface area contributed by atoms with Crippen molar-refractivity contribution in [2.75, 3.05) is 6.54 Å². The lowest BCUT2D eigenvalue weighted by atomic mass is 9.83. The third-order valence-corrected chi connectivity index (χ3v) is 5.79. The molecule has 0 unspecified atom stereocenters. The molecule has 0 radical (unpaired) electrons. The van der Waals surface area contributed by atoms with Gasteiger partial charge in [-0.3, -0.25) is 14.3 Å². The van der Waals surface area contributed by atoms with Gasteiger partial charge in [0.1, 0.15) is 6.04 Å². The molecule has 0 bridgehead atoms. The van der Waals surface area contributed by atoms with Crippen molar-refractivity contribution in [2.45, 2.75) is 31.1 Å². The normalized spacial score (nSPS) is 17.3. The van der Waals surface area contributed by atoms with Gasteiger partial charge in [-0.1, -0.05) is 60.7 Å². The molecule has 1 aliphatic heterocycles. The molecular weight excluding hydrogens is 423 g/mol. The summed E-state index contributed by atoms with van der Waals surface area (Å²) in [6, 6.07) is 15.3. The van der Waals surface area contributed by atoms with Crippen LogP contribution in [0.1, 0.15) is 40.5 Å². The zero-order valence-corrected chi connectivity index (χ0v) is 17.0. The van der Waals surface area contributed by atoms with Crippen molar-refractivity contribution in [3.8, 4) is 5.75 Å². The van der Waals surface area contributed by atoms with Crippen molar-refractivity contribution < 1.29 is 23.1 Å². The van der Waals surface area contributed by atoms with Crippen LogP contribution in [0.15, 0.2) is 71.7 Å². The molecule has 1 N–H and O–H groups in total. The van der Waals surface area contributed by atoms with Crippen LogP contribution in [0.25, 0.3) is 0 Å². The first-order valence-electron chi connectivity index (χ1n) is 9.98. The van der Waals surface area contributed by atoms with Gasteiger partial charge < -0.3 is 10.0 Å². The fourth-order valence-electron chi connectivity index (χ4n) is 4.12. The minimum atomic E-state index is -4.69. The number of carbonyl (C=O) groups is 1. The first-order chi connectivity index (χ1) is 15.2. The highest BCUT2D eigenvalue weighted by molar-refractivity contribution is 5.96. The molecule has 2 atom stereocenters. The summed E-state index contributed by atoms with van der Waals surface area (Å²) in [7, 11) is 0. The molecule has 166 valence electrons. The van der Waals surface area contributed by atoms with E-state index in [1.54, 1.807) is 0 Å². The summed E-state index contributed by atoms with van der Waals surface area (Å²) in [4.78, 5) is 25.6. The Morgan fingerprint density at radius 3 is 2.03 bits per heavy atom. The minimum absolute atomic E-state index is 0.309. The SMILES string of the molecule is C[C@@H](N1C[C@H](C(c2ccccc2)c2ccccc2)n2ncc(=O)c(O)c2C1=O)C(F)(F)F. The molecule has 0 saturated carbocycles. The van der Waals surface area contributed by atoms with Gasteiger partial charge in [0, 0.05) is 12.5 Å². The Kier molecular flexibility index (Phi) is 5.50. The second kappa shape index (κ2) is 8.14. The first kappa shape index (κ1) is 21.6. The molecule has 0 fully saturated rings. The number of aromatic nitrogens is 2. The lowest BCUT2D eigenvalue weighted by molar-refractivity contribution is -0.174. The summed E-state index contributed by atoms with van der Waals surface area (Å²) >= 11 is 0. The van der Waals surface area contributed by atoms with E-state index in [1.165, 1.54) is 4.68 Å². The van der Waals surface area contributed by atoms with Crippen LogP contribution < -0.4 is 5.43 Å². The summed E-state index contributed by atoms with van der Waals surface area (Å²) in [6.07, 6.45) is -3.81. The first-order valence-corrected chi connectivity index (χ1v) is 9.98. The molecule has 4 rings (SSSR count). The number of fused-ring (bicyclic) bond motifs is 1. The molecule has 3 aromatic rings. The number of amides is 1. The number of rotatable bonds is 4. The van der Waals surface area contributed by atoms with E-state index in [0.717, 1.165) is 24.2 Å². The molecule has 0 aliphatic carbocycles. The summed E-state index contributed by atoms with van der Waals surface area (Å²) < 4.78 is 42.0. The third-order valence-electron chi connectivity index (χ3n) is 5.79. The van der Waals surface area contributed by atoms with E-state index < -0.39 is 47.0 Å². The number of alkyl halides is 3. The van der Waals surface area contributed by atoms with Crippen LogP contribution in [0.2, 0.25) is 0 Å². The average Bonchev–Trinajstić information content (AvgIpc) is 2.78. The third kappa shape index (κ3) is 3.74. The van der Waals surface area contributed by atoms with Crippen LogP contribution in [-0.2, 0) is 0 Å². The van der Waals surface area contributed by atoms with E-state index in [0.29, 0.717) is 4.90 Å². The Morgan fingerprint density at radius 1 is 1.00 bits per heavy atom. The van der Waals surface area contributed by atoms with Crippen LogP contribution in [0, 0.1) is 0 Å². The standard InChI is InChI=1S/C23H20F3N3O3/c1-14(23(24,25)26)28-13-17(29-20(22(28)32)21(31)18(30)12-27-29)19(15-8-4-2-5-9-15)16-10-6-3-7-11-16/h2-12,14,17,19,31H,13H2,1H3/t14-,17-/m1/s1. The number of hydrogen-bond acceptors (Lipinski definition) is 4. The number of nitrogens with zero attached hydrogens (tertiary/aromatic N) is 3. The van der Waals surface area contributed by atoms with Crippen molar-refractivity contribution >= 4 is 5.91 Å². The Morgan fingerprint density at radius 2 is 1.53 bits per heavy atom. The van der Waals surface area contributed by atoms with Gasteiger partial charge in [0.15, 0.2) is 11.4 Å². The molecule has 1 aromatic heterocycles. The van der Waals surface area contributed by atoms with Gasteiger partial charge in [-0.25, -0.2) is 0 Å². The van der Waals surface area contributed by atoms with Gasteiger partial charge >= 0.3 is 6.18 Å². The lowest BCUT2D eigenvalue weighted by Gasteiger charge is -2.41. The molecule has 32 heavy (non-hydrogen) atoms. The molecule has 0 saturated heterocycles. The predicted molar refractivity (Wildman–Crippen MR) is 110 cm³/mol. The average molecular weight is 443 g/mol. The zero-order valence-electron chi connectivity index (χ0n) is 17.0. The topological polar surface area (TPSA) is 75.4 Å². The van der Waals surface area contributed by atoms with E-state index in [9.17, 15) is 27.9 Å². The van der Waals surface area contributed by atoms with Gasteiger partial charge in [0.05, 0.1) is 12.2 Å². The summed E-state index contributed by atoms with van der Waals surface area (Å²) in [5, 5.41) is 14.4. The molecule has 0 spiro atoms. The minimum Gasteiger partial charge on any atom is -0.502 e. The van der Waals surface area contributed by atoms with Gasteiger partial charge in [-0.2, -0.15) is 18.3 Å². The van der Waals surface area contributed by atoms with Crippen molar-refractivity contribution in [3.63, 3.8) is 0 Å². The van der Waals surface area contributed by atoms with Crippen molar-refractivity contribution in [3.05, 3.63) is 93.9 Å². The highest BCUT2D eigenvalue weighted by atomic mass is 19.4. The fourth-order valence-corrected chi connectivity index (χ4v) is 4.12. The van der Waals surface area contributed by atoms with Gasteiger partial charge in [-0.15, -0.1) is 0 Å². The predicted octanol–water partition coefficient (Wildman–Crippen LogP) is 3.73.